The van der Waals surface area contributed by atoms with Crippen molar-refractivity contribution >= 4 is 0 Å². The molecule has 0 aromatic heterocycles. The number of nitrogens with zero attached hydrogens (tertiary/aromatic N) is 1. The summed E-state index contributed by atoms with van der Waals surface area (Å²) in [6, 6.07) is 11.0. The maximum Gasteiger partial charge on any atom is 0.0970 e. The molecule has 1 unspecified atom stereocenters. The van der Waals surface area contributed by atoms with E-state index in [4.69, 9.17) is 0 Å². The number of hydrogen-bond acceptors (Lipinski definition) is 1. The molecule has 1 saturated heterocycles. The van der Waals surface area contributed by atoms with Crippen LogP contribution in [-0.4, -0.2) is 18.0 Å². The highest BCUT2D eigenvalue weighted by atomic mass is 15.2. The van der Waals surface area contributed by atoms with Crippen molar-refractivity contribution in [3.63, 3.8) is 0 Å². The lowest BCUT2D eigenvalue weighted by molar-refractivity contribution is 0.197. The molecule has 0 amide bonds. The van der Waals surface area contributed by atoms with Crippen LogP contribution in [0.15, 0.2) is 30.3 Å². The molecule has 17 heavy (non-hydrogen) atoms. The van der Waals surface area contributed by atoms with Crippen LogP contribution in [0.25, 0.3) is 0 Å². The van der Waals surface area contributed by atoms with Crippen LogP contribution >= 0.6 is 0 Å². The number of likely N-dealkylation sites (tertiary alicyclic amines) is 1. The fraction of sp³-hybridized carbons (Fsp3) is 0.500. The molecular weight excluding hydrogens is 206 g/mol. The highest BCUT2D eigenvalue weighted by molar-refractivity contribution is 5.27. The molecule has 1 aliphatic heterocycles. The zero-order chi connectivity index (χ0) is 11.9. The van der Waals surface area contributed by atoms with Gasteiger partial charge in [0, 0.05) is 6.42 Å². The van der Waals surface area contributed by atoms with E-state index in [-0.39, 0.29) is 0 Å². The van der Waals surface area contributed by atoms with E-state index in [1.165, 1.54) is 37.9 Å². The van der Waals surface area contributed by atoms with Gasteiger partial charge in [-0.2, -0.15) is 0 Å². The summed E-state index contributed by atoms with van der Waals surface area (Å²) in [5, 5.41) is 0. The van der Waals surface area contributed by atoms with Crippen LogP contribution in [0.3, 0.4) is 0 Å². The van der Waals surface area contributed by atoms with Gasteiger partial charge in [-0.25, -0.2) is 0 Å². The van der Waals surface area contributed by atoms with Gasteiger partial charge in [0.15, 0.2) is 0 Å². The summed E-state index contributed by atoms with van der Waals surface area (Å²) in [7, 11) is 0. The second kappa shape index (κ2) is 6.47. The molecule has 1 aromatic rings. The molecule has 1 fully saturated rings. The summed E-state index contributed by atoms with van der Waals surface area (Å²) in [5.41, 5.74) is 1.34. The molecule has 90 valence electrons. The predicted molar refractivity (Wildman–Crippen MR) is 72.7 cm³/mol. The fourth-order valence-corrected chi connectivity index (χ4v) is 2.40. The molecule has 1 aliphatic rings. The third-order valence-electron chi connectivity index (χ3n) is 3.29. The number of hydrogen-bond donors (Lipinski definition) is 0. The molecule has 1 heterocycles. The van der Waals surface area contributed by atoms with Crippen LogP contribution < -0.4 is 0 Å². The minimum Gasteiger partial charge on any atom is -0.286 e. The first-order valence-electron chi connectivity index (χ1n) is 6.69. The Kier molecular flexibility index (Phi) is 4.64. The first-order chi connectivity index (χ1) is 8.42. The SMILES string of the molecule is CCC#CC(c1ccccc1)N1CCCCC1. The van der Waals surface area contributed by atoms with Crippen molar-refractivity contribution < 1.29 is 0 Å². The summed E-state index contributed by atoms with van der Waals surface area (Å²) in [5.74, 6) is 6.68. The number of rotatable bonds is 2. The van der Waals surface area contributed by atoms with Crippen molar-refractivity contribution in [1.29, 1.82) is 0 Å². The van der Waals surface area contributed by atoms with Crippen molar-refractivity contribution in [3.05, 3.63) is 35.9 Å². The maximum absolute atomic E-state index is 3.43. The Morgan fingerprint density at radius 3 is 2.47 bits per heavy atom. The minimum atomic E-state index is 0.302. The van der Waals surface area contributed by atoms with Crippen LogP contribution in [0.1, 0.15) is 44.2 Å². The average Bonchev–Trinajstić information content (AvgIpc) is 2.42. The first-order valence-corrected chi connectivity index (χ1v) is 6.69. The summed E-state index contributed by atoms with van der Waals surface area (Å²) >= 11 is 0. The molecule has 1 nitrogen and oxygen atoms in total. The Morgan fingerprint density at radius 1 is 1.12 bits per heavy atom. The van der Waals surface area contributed by atoms with E-state index in [2.05, 4.69) is 54.0 Å². The maximum atomic E-state index is 3.43. The molecule has 0 radical (unpaired) electrons. The van der Waals surface area contributed by atoms with Gasteiger partial charge < -0.3 is 0 Å². The van der Waals surface area contributed by atoms with E-state index < -0.39 is 0 Å². The van der Waals surface area contributed by atoms with Gasteiger partial charge in [0.2, 0.25) is 0 Å². The predicted octanol–water partition coefficient (Wildman–Crippen LogP) is 3.63. The van der Waals surface area contributed by atoms with Crippen molar-refractivity contribution in [3.8, 4) is 11.8 Å². The molecule has 0 bridgehead atoms. The quantitative estimate of drug-likeness (QED) is 0.697. The van der Waals surface area contributed by atoms with Crippen LogP contribution in [0.4, 0.5) is 0 Å². The highest BCUT2D eigenvalue weighted by Crippen LogP contribution is 2.23. The topological polar surface area (TPSA) is 3.24 Å². The summed E-state index contributed by atoms with van der Waals surface area (Å²) in [4.78, 5) is 2.53. The molecule has 1 aromatic carbocycles. The zero-order valence-corrected chi connectivity index (χ0v) is 10.7. The van der Waals surface area contributed by atoms with Gasteiger partial charge in [0.05, 0.1) is 6.04 Å². The Hall–Kier alpha value is -1.26. The van der Waals surface area contributed by atoms with E-state index in [0.29, 0.717) is 6.04 Å². The molecule has 2 rings (SSSR count). The molecule has 1 heteroatoms. The lowest BCUT2D eigenvalue weighted by Crippen LogP contribution is -2.33. The Balaban J connectivity index is 2.18. The van der Waals surface area contributed by atoms with E-state index in [0.717, 1.165) is 6.42 Å². The van der Waals surface area contributed by atoms with Gasteiger partial charge in [0.25, 0.3) is 0 Å². The lowest BCUT2D eigenvalue weighted by Gasteiger charge is -2.31. The van der Waals surface area contributed by atoms with Gasteiger partial charge in [-0.1, -0.05) is 49.6 Å². The average molecular weight is 227 g/mol. The molecule has 0 saturated carbocycles. The van der Waals surface area contributed by atoms with Crippen LogP contribution in [0.2, 0.25) is 0 Å². The van der Waals surface area contributed by atoms with E-state index >= 15 is 0 Å². The number of piperidine rings is 1. The largest absolute Gasteiger partial charge is 0.286 e. The highest BCUT2D eigenvalue weighted by Gasteiger charge is 2.19. The fourth-order valence-electron chi connectivity index (χ4n) is 2.40. The Morgan fingerprint density at radius 2 is 1.82 bits per heavy atom. The van der Waals surface area contributed by atoms with Crippen molar-refractivity contribution in [1.82, 2.24) is 4.90 Å². The lowest BCUT2D eigenvalue weighted by atomic mass is 10.0. The van der Waals surface area contributed by atoms with E-state index in [1.807, 2.05) is 0 Å². The van der Waals surface area contributed by atoms with Crippen LogP contribution in [0.5, 0.6) is 0 Å². The van der Waals surface area contributed by atoms with Gasteiger partial charge >= 0.3 is 0 Å². The summed E-state index contributed by atoms with van der Waals surface area (Å²) in [6.07, 6.45) is 4.95. The van der Waals surface area contributed by atoms with Gasteiger partial charge in [-0.05, 0) is 31.5 Å². The number of benzene rings is 1. The van der Waals surface area contributed by atoms with Crippen molar-refractivity contribution in [2.45, 2.75) is 38.6 Å². The summed E-state index contributed by atoms with van der Waals surface area (Å²) in [6.45, 7) is 4.50. The summed E-state index contributed by atoms with van der Waals surface area (Å²) < 4.78 is 0. The van der Waals surface area contributed by atoms with Crippen molar-refractivity contribution in [2.75, 3.05) is 13.1 Å². The minimum absolute atomic E-state index is 0.302. The van der Waals surface area contributed by atoms with Crippen molar-refractivity contribution in [2.24, 2.45) is 0 Å². The van der Waals surface area contributed by atoms with E-state index in [9.17, 15) is 0 Å². The third-order valence-corrected chi connectivity index (χ3v) is 3.29. The molecule has 0 aliphatic carbocycles. The van der Waals surface area contributed by atoms with Gasteiger partial charge in [-0.15, -0.1) is 5.92 Å². The first kappa shape index (κ1) is 12.2. The molecule has 1 atom stereocenters. The molecule has 0 N–H and O–H groups in total. The van der Waals surface area contributed by atoms with Gasteiger partial charge in [-0.3, -0.25) is 4.90 Å². The third kappa shape index (κ3) is 3.35. The Bertz CT molecular complexity index is 379. The second-order valence-corrected chi connectivity index (χ2v) is 4.58. The molecule has 0 spiro atoms. The normalized spacial score (nSPS) is 18.2. The van der Waals surface area contributed by atoms with Gasteiger partial charge in [0.1, 0.15) is 0 Å². The van der Waals surface area contributed by atoms with Crippen LogP contribution in [-0.2, 0) is 0 Å². The Labute approximate surface area is 105 Å². The monoisotopic (exact) mass is 227 g/mol. The standard InChI is InChI=1S/C16H21N/c1-2-3-12-16(15-10-6-4-7-11-15)17-13-8-5-9-14-17/h4,6-7,10-11,16H,2,5,8-9,13-14H2,1H3. The van der Waals surface area contributed by atoms with E-state index in [1.54, 1.807) is 0 Å². The smallest absolute Gasteiger partial charge is 0.0970 e. The van der Waals surface area contributed by atoms with Crippen LogP contribution in [0, 0.1) is 11.8 Å². The molecular formula is C16H21N. The second-order valence-electron chi connectivity index (χ2n) is 4.58. The zero-order valence-electron chi connectivity index (χ0n) is 10.7.